The predicted molar refractivity (Wildman–Crippen MR) is 95.1 cm³/mol. The van der Waals surface area contributed by atoms with Gasteiger partial charge in [0.25, 0.3) is 5.91 Å². The number of benzene rings is 2. The first-order chi connectivity index (χ1) is 11.9. The Morgan fingerprint density at radius 3 is 2.60 bits per heavy atom. The summed E-state index contributed by atoms with van der Waals surface area (Å²) in [6.07, 6.45) is 1.33. The molecular weight excluding hydrogens is 367 g/mol. The van der Waals surface area contributed by atoms with Crippen LogP contribution >= 0.6 is 23.2 Å². The van der Waals surface area contributed by atoms with Gasteiger partial charge in [0, 0.05) is 21.7 Å². The molecule has 0 bridgehead atoms. The largest absolute Gasteiger partial charge is 0.504 e. The summed E-state index contributed by atoms with van der Waals surface area (Å²) < 4.78 is 5.02. The fraction of sp³-hybridized carbons (Fsp3) is 0.0588. The zero-order valence-electron chi connectivity index (χ0n) is 12.9. The van der Waals surface area contributed by atoms with Crippen molar-refractivity contribution in [2.24, 2.45) is 0 Å². The van der Waals surface area contributed by atoms with Gasteiger partial charge in [-0.1, -0.05) is 29.3 Å². The second-order valence-electron chi connectivity index (χ2n) is 5.15. The molecule has 3 rings (SSSR count). The highest BCUT2D eigenvalue weighted by Gasteiger charge is 2.35. The Bertz CT molecular complexity index is 912. The molecule has 1 aliphatic rings. The van der Waals surface area contributed by atoms with Crippen LogP contribution in [0.2, 0.25) is 10.0 Å². The van der Waals surface area contributed by atoms with E-state index in [4.69, 9.17) is 27.9 Å². The molecule has 6 nitrogen and oxygen atoms in total. The number of nitrogens with zero attached hydrogens (tertiary/aromatic N) is 1. The van der Waals surface area contributed by atoms with Gasteiger partial charge in [-0.2, -0.15) is 0 Å². The molecule has 0 saturated carbocycles. The first kappa shape index (κ1) is 17.1. The Hall–Kier alpha value is -2.70. The van der Waals surface area contributed by atoms with Gasteiger partial charge in [0.2, 0.25) is 0 Å². The standard InChI is InChI=1S/C17H12Cl2N2O4/c1-25-14-8-11(19)5-9(15(14)22)6-13-16(23)21(17(24)20-13)12-4-2-3-10(18)7-12/h2-8,22H,1H3,(H,20,24)/b13-6-. The molecule has 1 heterocycles. The highest BCUT2D eigenvalue weighted by molar-refractivity contribution is 6.32. The number of anilines is 1. The number of phenolic OH excluding ortho intramolecular Hbond substituents is 1. The average molecular weight is 379 g/mol. The van der Waals surface area contributed by atoms with E-state index in [1.54, 1.807) is 18.2 Å². The summed E-state index contributed by atoms with van der Waals surface area (Å²) in [4.78, 5) is 25.7. The smallest absolute Gasteiger partial charge is 0.333 e. The lowest BCUT2D eigenvalue weighted by molar-refractivity contribution is -0.113. The number of nitrogens with one attached hydrogen (secondary N) is 1. The number of ether oxygens (including phenoxy) is 1. The molecule has 2 aromatic rings. The van der Waals surface area contributed by atoms with E-state index in [0.717, 1.165) is 4.90 Å². The van der Waals surface area contributed by atoms with Crippen LogP contribution in [0.5, 0.6) is 11.5 Å². The molecule has 25 heavy (non-hydrogen) atoms. The molecule has 8 heteroatoms. The number of carbonyl (C=O) groups excluding carboxylic acids is 2. The Labute approximate surface area is 153 Å². The molecule has 0 spiro atoms. The summed E-state index contributed by atoms with van der Waals surface area (Å²) in [6.45, 7) is 0. The fourth-order valence-electron chi connectivity index (χ4n) is 2.40. The van der Waals surface area contributed by atoms with Crippen molar-refractivity contribution in [2.75, 3.05) is 12.0 Å². The number of methoxy groups -OCH3 is 1. The van der Waals surface area contributed by atoms with Gasteiger partial charge in [-0.3, -0.25) is 4.79 Å². The number of carbonyl (C=O) groups is 2. The monoisotopic (exact) mass is 378 g/mol. The number of halogens is 2. The third-order valence-electron chi connectivity index (χ3n) is 3.53. The maximum atomic E-state index is 12.6. The van der Waals surface area contributed by atoms with Crippen molar-refractivity contribution < 1.29 is 19.4 Å². The predicted octanol–water partition coefficient (Wildman–Crippen LogP) is 3.80. The van der Waals surface area contributed by atoms with Gasteiger partial charge in [0.05, 0.1) is 12.8 Å². The minimum absolute atomic E-state index is 0.00963. The van der Waals surface area contributed by atoms with E-state index < -0.39 is 11.9 Å². The lowest BCUT2D eigenvalue weighted by Gasteiger charge is -2.11. The molecule has 0 atom stereocenters. The molecular formula is C17H12Cl2N2O4. The van der Waals surface area contributed by atoms with Crippen LogP contribution in [-0.2, 0) is 4.79 Å². The van der Waals surface area contributed by atoms with Gasteiger partial charge in [0.15, 0.2) is 11.5 Å². The molecule has 2 aromatic carbocycles. The quantitative estimate of drug-likeness (QED) is 0.628. The Balaban J connectivity index is 2.00. The first-order valence-electron chi connectivity index (χ1n) is 7.10. The summed E-state index contributed by atoms with van der Waals surface area (Å²) in [6, 6.07) is 8.63. The second-order valence-corrected chi connectivity index (χ2v) is 6.03. The van der Waals surface area contributed by atoms with Crippen molar-refractivity contribution in [1.29, 1.82) is 0 Å². The minimum Gasteiger partial charge on any atom is -0.504 e. The molecule has 0 aliphatic carbocycles. The molecule has 128 valence electrons. The number of imide groups is 1. The molecule has 1 fully saturated rings. The minimum atomic E-state index is -0.619. The lowest BCUT2D eigenvalue weighted by Crippen LogP contribution is -2.30. The second kappa shape index (κ2) is 6.66. The summed E-state index contributed by atoms with van der Waals surface area (Å²) in [5.74, 6) is -0.615. The van der Waals surface area contributed by atoms with Crippen molar-refractivity contribution >= 4 is 46.9 Å². The molecule has 1 saturated heterocycles. The van der Waals surface area contributed by atoms with E-state index in [1.807, 2.05) is 0 Å². The van der Waals surface area contributed by atoms with Crippen molar-refractivity contribution in [1.82, 2.24) is 5.32 Å². The van der Waals surface area contributed by atoms with E-state index in [1.165, 1.54) is 31.4 Å². The van der Waals surface area contributed by atoms with Crippen LogP contribution in [0.25, 0.3) is 6.08 Å². The van der Waals surface area contributed by atoms with E-state index >= 15 is 0 Å². The number of hydrogen-bond acceptors (Lipinski definition) is 4. The SMILES string of the molecule is COc1cc(Cl)cc(/C=C2\NC(=O)N(c3cccc(Cl)c3)C2=O)c1O. The molecule has 0 aromatic heterocycles. The summed E-state index contributed by atoms with van der Waals surface area (Å²) in [7, 11) is 1.38. The highest BCUT2D eigenvalue weighted by Crippen LogP contribution is 2.35. The molecule has 0 unspecified atom stereocenters. The Morgan fingerprint density at radius 1 is 1.16 bits per heavy atom. The number of urea groups is 1. The lowest BCUT2D eigenvalue weighted by atomic mass is 10.1. The summed E-state index contributed by atoms with van der Waals surface area (Å²) in [5.41, 5.74) is 0.567. The van der Waals surface area contributed by atoms with E-state index in [9.17, 15) is 14.7 Å². The van der Waals surface area contributed by atoms with Gasteiger partial charge >= 0.3 is 6.03 Å². The van der Waals surface area contributed by atoms with E-state index in [2.05, 4.69) is 5.32 Å². The summed E-state index contributed by atoms with van der Waals surface area (Å²) >= 11 is 11.9. The number of hydrogen-bond donors (Lipinski definition) is 2. The van der Waals surface area contributed by atoms with Crippen LogP contribution in [0, 0.1) is 0 Å². The van der Waals surface area contributed by atoms with E-state index in [-0.39, 0.29) is 22.8 Å². The number of amides is 3. The van der Waals surface area contributed by atoms with Crippen LogP contribution in [0.4, 0.5) is 10.5 Å². The van der Waals surface area contributed by atoms with Crippen LogP contribution in [0.3, 0.4) is 0 Å². The van der Waals surface area contributed by atoms with Crippen molar-refractivity contribution in [3.8, 4) is 11.5 Å². The highest BCUT2D eigenvalue weighted by atomic mass is 35.5. The number of phenols is 1. The fourth-order valence-corrected chi connectivity index (χ4v) is 2.80. The van der Waals surface area contributed by atoms with Gasteiger partial charge in [0.1, 0.15) is 5.70 Å². The first-order valence-corrected chi connectivity index (χ1v) is 7.85. The topological polar surface area (TPSA) is 78.9 Å². The van der Waals surface area contributed by atoms with Gasteiger partial charge in [-0.15, -0.1) is 0 Å². The molecule has 0 radical (unpaired) electrons. The van der Waals surface area contributed by atoms with Crippen LogP contribution in [0.15, 0.2) is 42.1 Å². The third kappa shape index (κ3) is 3.26. The third-order valence-corrected chi connectivity index (χ3v) is 3.99. The Kier molecular flexibility index (Phi) is 4.57. The number of rotatable bonds is 3. The molecule has 2 N–H and O–H groups in total. The maximum Gasteiger partial charge on any atom is 0.333 e. The normalized spacial score (nSPS) is 15.6. The van der Waals surface area contributed by atoms with Gasteiger partial charge < -0.3 is 15.2 Å². The maximum absolute atomic E-state index is 12.6. The van der Waals surface area contributed by atoms with Crippen LogP contribution in [-0.4, -0.2) is 24.2 Å². The van der Waals surface area contributed by atoms with Crippen molar-refractivity contribution in [3.05, 3.63) is 57.7 Å². The zero-order valence-corrected chi connectivity index (χ0v) is 14.4. The van der Waals surface area contributed by atoms with Crippen molar-refractivity contribution in [2.45, 2.75) is 0 Å². The van der Waals surface area contributed by atoms with Crippen molar-refractivity contribution in [3.63, 3.8) is 0 Å². The Morgan fingerprint density at radius 2 is 1.92 bits per heavy atom. The molecule has 3 amide bonds. The number of aromatic hydroxyl groups is 1. The van der Waals surface area contributed by atoms with Gasteiger partial charge in [-0.05, 0) is 30.3 Å². The van der Waals surface area contributed by atoms with E-state index in [0.29, 0.717) is 15.7 Å². The van der Waals surface area contributed by atoms with Crippen LogP contribution < -0.4 is 15.0 Å². The molecule has 1 aliphatic heterocycles. The zero-order chi connectivity index (χ0) is 18.1. The van der Waals surface area contributed by atoms with Crippen LogP contribution in [0.1, 0.15) is 5.56 Å². The van der Waals surface area contributed by atoms with Gasteiger partial charge in [-0.25, -0.2) is 9.69 Å². The average Bonchev–Trinajstić information content (AvgIpc) is 2.84. The summed E-state index contributed by atoms with van der Waals surface area (Å²) in [5, 5.41) is 13.3.